The predicted octanol–water partition coefficient (Wildman–Crippen LogP) is 2.10. The minimum absolute atomic E-state index is 0.0892. The Labute approximate surface area is 132 Å². The summed E-state index contributed by atoms with van der Waals surface area (Å²) < 4.78 is 20.7. The highest BCUT2D eigenvalue weighted by Crippen LogP contribution is 2.27. The van der Waals surface area contributed by atoms with Crippen LogP contribution in [0.4, 0.5) is 0 Å². The molecule has 2 aromatic heterocycles. The summed E-state index contributed by atoms with van der Waals surface area (Å²) in [6.07, 6.45) is 1.32. The standard InChI is InChI=1S/C14H13ClN4O3/c1-9-5-3-4-6-12(9)21-7-10-11(15)8-22-13(10)19-14(20)18(2)16-17-19/h3-6,8H,7H2,1-2H3/i3T. The molecular weight excluding hydrogens is 308 g/mol. The molecule has 7 nitrogen and oxygen atoms in total. The monoisotopic (exact) mass is 322 g/mol. The van der Waals surface area contributed by atoms with Crippen LogP contribution in [0.1, 0.15) is 12.5 Å². The molecule has 0 fully saturated rings. The van der Waals surface area contributed by atoms with Crippen molar-refractivity contribution in [2.45, 2.75) is 13.5 Å². The third-order valence-corrected chi connectivity index (χ3v) is 3.44. The smallest absolute Gasteiger partial charge is 0.370 e. The quantitative estimate of drug-likeness (QED) is 0.735. The van der Waals surface area contributed by atoms with E-state index in [0.717, 1.165) is 14.9 Å². The van der Waals surface area contributed by atoms with E-state index in [2.05, 4.69) is 10.4 Å². The van der Waals surface area contributed by atoms with Gasteiger partial charge in [0.2, 0.25) is 5.88 Å². The van der Waals surface area contributed by atoms with Crippen LogP contribution in [-0.2, 0) is 13.7 Å². The van der Waals surface area contributed by atoms with Gasteiger partial charge in [-0.1, -0.05) is 29.8 Å². The number of benzene rings is 1. The molecule has 0 saturated carbocycles. The van der Waals surface area contributed by atoms with Crippen molar-refractivity contribution in [3.63, 3.8) is 0 Å². The zero-order valence-electron chi connectivity index (χ0n) is 12.9. The molecule has 0 aliphatic heterocycles. The highest BCUT2D eigenvalue weighted by atomic mass is 35.5. The van der Waals surface area contributed by atoms with E-state index in [1.807, 2.05) is 6.92 Å². The highest BCUT2D eigenvalue weighted by molar-refractivity contribution is 6.31. The second-order valence-corrected chi connectivity index (χ2v) is 5.05. The molecule has 0 spiro atoms. The van der Waals surface area contributed by atoms with E-state index in [4.69, 9.17) is 22.1 Å². The molecule has 0 bridgehead atoms. The number of para-hydroxylation sites is 1. The molecule has 0 radical (unpaired) electrons. The average Bonchev–Trinajstić information content (AvgIpc) is 3.02. The molecule has 0 N–H and O–H groups in total. The van der Waals surface area contributed by atoms with E-state index in [1.54, 1.807) is 18.2 Å². The second kappa shape index (κ2) is 5.69. The van der Waals surface area contributed by atoms with Crippen molar-refractivity contribution in [3.8, 4) is 11.6 Å². The van der Waals surface area contributed by atoms with Crippen molar-refractivity contribution in [3.05, 3.63) is 57.1 Å². The number of furan rings is 1. The van der Waals surface area contributed by atoms with Crippen LogP contribution < -0.4 is 10.4 Å². The van der Waals surface area contributed by atoms with Crippen LogP contribution in [0.15, 0.2) is 39.7 Å². The van der Waals surface area contributed by atoms with E-state index in [0.29, 0.717) is 22.4 Å². The van der Waals surface area contributed by atoms with E-state index in [-0.39, 0.29) is 12.5 Å². The van der Waals surface area contributed by atoms with Gasteiger partial charge in [0.15, 0.2) is 0 Å². The minimum Gasteiger partial charge on any atom is -0.488 e. The molecule has 0 aliphatic carbocycles. The Morgan fingerprint density at radius 1 is 1.45 bits per heavy atom. The van der Waals surface area contributed by atoms with Gasteiger partial charge in [-0.15, -0.1) is 4.68 Å². The average molecular weight is 323 g/mol. The number of tetrazole rings is 1. The highest BCUT2D eigenvalue weighted by Gasteiger charge is 2.19. The first-order valence-electron chi connectivity index (χ1n) is 6.92. The molecule has 22 heavy (non-hydrogen) atoms. The van der Waals surface area contributed by atoms with Gasteiger partial charge in [0.1, 0.15) is 18.6 Å². The summed E-state index contributed by atoms with van der Waals surface area (Å²) in [5.74, 6) is 0.790. The number of aromatic nitrogens is 4. The molecule has 0 amide bonds. The topological polar surface area (TPSA) is 75.1 Å². The Morgan fingerprint density at radius 2 is 2.27 bits per heavy atom. The maximum atomic E-state index is 11.9. The number of hydrogen-bond acceptors (Lipinski definition) is 5. The van der Waals surface area contributed by atoms with Crippen LogP contribution >= 0.6 is 11.6 Å². The predicted molar refractivity (Wildman–Crippen MR) is 79.4 cm³/mol. The van der Waals surface area contributed by atoms with Crippen LogP contribution in [0.25, 0.3) is 5.88 Å². The summed E-state index contributed by atoms with van der Waals surface area (Å²) in [7, 11) is 1.48. The van der Waals surface area contributed by atoms with Gasteiger partial charge in [-0.25, -0.2) is 4.79 Å². The van der Waals surface area contributed by atoms with Gasteiger partial charge >= 0.3 is 5.69 Å². The summed E-state index contributed by atoms with van der Waals surface area (Å²) in [4.78, 5) is 11.9. The summed E-state index contributed by atoms with van der Waals surface area (Å²) in [6.45, 7) is 1.93. The largest absolute Gasteiger partial charge is 0.488 e. The summed E-state index contributed by atoms with van der Waals surface area (Å²) in [5, 5.41) is 7.69. The van der Waals surface area contributed by atoms with E-state index >= 15 is 0 Å². The van der Waals surface area contributed by atoms with Gasteiger partial charge in [-0.05, 0) is 29.0 Å². The van der Waals surface area contributed by atoms with Crippen molar-refractivity contribution >= 4 is 11.6 Å². The van der Waals surface area contributed by atoms with Crippen LogP contribution in [0, 0.1) is 6.92 Å². The van der Waals surface area contributed by atoms with Crippen LogP contribution in [0.5, 0.6) is 5.75 Å². The number of aryl methyl sites for hydroxylation is 2. The first-order valence-corrected chi connectivity index (χ1v) is 6.80. The fourth-order valence-corrected chi connectivity index (χ4v) is 2.09. The number of nitrogens with zero attached hydrogens (tertiary/aromatic N) is 4. The Kier molecular flexibility index (Phi) is 3.40. The lowest BCUT2D eigenvalue weighted by Crippen LogP contribution is -2.22. The molecule has 1 aromatic carbocycles. The van der Waals surface area contributed by atoms with Crippen LogP contribution in [0.2, 0.25) is 5.02 Å². The lowest BCUT2D eigenvalue weighted by Gasteiger charge is -2.08. The molecule has 8 heteroatoms. The molecule has 0 unspecified atom stereocenters. The lowest BCUT2D eigenvalue weighted by molar-refractivity contribution is 0.301. The summed E-state index contributed by atoms with van der Waals surface area (Å²) in [6, 6.07) is 5.44. The Bertz CT molecular complexity index is 915. The molecule has 3 rings (SSSR count). The molecule has 3 aromatic rings. The van der Waals surface area contributed by atoms with E-state index in [9.17, 15) is 4.79 Å². The minimum atomic E-state index is -0.452. The normalized spacial score (nSPS) is 11.5. The van der Waals surface area contributed by atoms with Crippen molar-refractivity contribution in [2.75, 3.05) is 0 Å². The van der Waals surface area contributed by atoms with Crippen LogP contribution in [0.3, 0.4) is 0 Å². The number of halogens is 1. The lowest BCUT2D eigenvalue weighted by atomic mass is 10.2. The molecule has 0 aliphatic rings. The van der Waals surface area contributed by atoms with Gasteiger partial charge in [0.05, 0.1) is 12.0 Å². The Morgan fingerprint density at radius 3 is 2.95 bits per heavy atom. The number of rotatable bonds is 4. The molecular formula is C14H13ClN4O3. The third kappa shape index (κ3) is 2.50. The van der Waals surface area contributed by atoms with Gasteiger partial charge in [0, 0.05) is 7.05 Å². The Hall–Kier alpha value is -2.54. The SMILES string of the molecule is [3H]c1ccc(OCc2c(Cl)coc2-n2nnn(C)c2=O)c(C)c1. The van der Waals surface area contributed by atoms with Gasteiger partial charge in [0.25, 0.3) is 0 Å². The summed E-state index contributed by atoms with van der Waals surface area (Å²) >= 11 is 6.11. The third-order valence-electron chi connectivity index (χ3n) is 3.13. The van der Waals surface area contributed by atoms with Gasteiger partial charge in [-0.2, -0.15) is 4.68 Å². The van der Waals surface area contributed by atoms with Crippen LogP contribution in [-0.4, -0.2) is 19.8 Å². The molecule has 0 atom stereocenters. The van der Waals surface area contributed by atoms with Crippen molar-refractivity contribution in [2.24, 2.45) is 7.05 Å². The zero-order chi connectivity index (χ0) is 16.6. The van der Waals surface area contributed by atoms with E-state index in [1.165, 1.54) is 13.3 Å². The number of ether oxygens (including phenoxy) is 1. The summed E-state index contributed by atoms with van der Waals surface area (Å²) in [5.41, 5.74) is 0.867. The molecule has 114 valence electrons. The molecule has 0 saturated heterocycles. The fraction of sp³-hybridized carbons (Fsp3) is 0.214. The van der Waals surface area contributed by atoms with E-state index < -0.39 is 5.69 Å². The van der Waals surface area contributed by atoms with Crippen molar-refractivity contribution in [1.29, 1.82) is 0 Å². The van der Waals surface area contributed by atoms with Gasteiger partial charge in [-0.3, -0.25) is 0 Å². The molecule has 2 heterocycles. The second-order valence-electron chi connectivity index (χ2n) is 4.64. The maximum Gasteiger partial charge on any atom is 0.370 e. The zero-order valence-corrected chi connectivity index (χ0v) is 12.7. The number of hydrogen-bond donors (Lipinski definition) is 0. The van der Waals surface area contributed by atoms with Gasteiger partial charge < -0.3 is 9.15 Å². The Balaban J connectivity index is 1.90. The first kappa shape index (κ1) is 13.1. The van der Waals surface area contributed by atoms with Crippen molar-refractivity contribution < 1.29 is 10.5 Å². The van der Waals surface area contributed by atoms with Crippen molar-refractivity contribution in [1.82, 2.24) is 19.8 Å². The maximum absolute atomic E-state index is 11.9. The first-order chi connectivity index (χ1) is 11.0. The fourth-order valence-electron chi connectivity index (χ4n) is 1.91.